The Morgan fingerprint density at radius 2 is 2.00 bits per heavy atom. The highest BCUT2D eigenvalue weighted by Gasteiger charge is 2.20. The Morgan fingerprint density at radius 3 is 2.59 bits per heavy atom. The highest BCUT2D eigenvalue weighted by atomic mass is 79.9. The lowest BCUT2D eigenvalue weighted by atomic mass is 10.2. The van der Waals surface area contributed by atoms with Crippen LogP contribution in [0.15, 0.2) is 33.7 Å². The normalized spacial score (nSPS) is 15.8. The molecule has 92 valence electrons. The predicted molar refractivity (Wildman–Crippen MR) is 75.1 cm³/mol. The minimum absolute atomic E-state index is 0.803. The molecule has 4 heteroatoms. The number of nitrogens with zero attached hydrogens (tertiary/aromatic N) is 1. The Morgan fingerprint density at radius 1 is 1.29 bits per heavy atom. The van der Waals surface area contributed by atoms with E-state index in [9.17, 15) is 0 Å². The molecule has 1 saturated carbocycles. The zero-order valence-electron chi connectivity index (χ0n) is 10.0. The number of hydrogen-bond acceptors (Lipinski definition) is 1. The molecule has 1 aliphatic rings. The zero-order valence-corrected chi connectivity index (χ0v) is 11.6. The summed E-state index contributed by atoms with van der Waals surface area (Å²) in [6, 6.07) is 8.31. The van der Waals surface area contributed by atoms with Gasteiger partial charge in [0, 0.05) is 24.6 Å². The third kappa shape index (κ3) is 4.38. The summed E-state index contributed by atoms with van der Waals surface area (Å²) in [6.07, 6.45) is 2.72. The van der Waals surface area contributed by atoms with Crippen molar-refractivity contribution >= 4 is 21.9 Å². The first kappa shape index (κ1) is 12.4. The van der Waals surface area contributed by atoms with Gasteiger partial charge in [-0.25, -0.2) is 0 Å². The van der Waals surface area contributed by atoms with Gasteiger partial charge in [0.1, 0.15) is 0 Å². The molecule has 0 aromatic heterocycles. The highest BCUT2D eigenvalue weighted by Crippen LogP contribution is 2.27. The van der Waals surface area contributed by atoms with Gasteiger partial charge < -0.3 is 10.6 Å². The van der Waals surface area contributed by atoms with Crippen LogP contribution in [-0.2, 0) is 6.54 Å². The van der Waals surface area contributed by atoms with Crippen molar-refractivity contribution in [1.29, 1.82) is 0 Å². The second-order valence-corrected chi connectivity index (χ2v) is 5.29. The van der Waals surface area contributed by atoms with Crippen molar-refractivity contribution in [3.8, 4) is 0 Å². The van der Waals surface area contributed by atoms with Gasteiger partial charge in [-0.15, -0.1) is 0 Å². The van der Waals surface area contributed by atoms with Crippen LogP contribution < -0.4 is 10.6 Å². The molecule has 0 aliphatic heterocycles. The Kier molecular flexibility index (Phi) is 4.42. The molecule has 2 N–H and O–H groups in total. The first-order valence-corrected chi connectivity index (χ1v) is 6.76. The van der Waals surface area contributed by atoms with E-state index in [-0.39, 0.29) is 0 Å². The number of guanidine groups is 1. The maximum absolute atomic E-state index is 4.21. The summed E-state index contributed by atoms with van der Waals surface area (Å²) < 4.78 is 1.11. The first-order valence-electron chi connectivity index (χ1n) is 5.97. The minimum atomic E-state index is 0.803. The summed E-state index contributed by atoms with van der Waals surface area (Å²) in [4.78, 5) is 4.21. The van der Waals surface area contributed by atoms with Crippen molar-refractivity contribution in [2.24, 2.45) is 10.9 Å². The van der Waals surface area contributed by atoms with Crippen molar-refractivity contribution in [2.45, 2.75) is 19.4 Å². The van der Waals surface area contributed by atoms with Crippen molar-refractivity contribution in [1.82, 2.24) is 10.6 Å². The van der Waals surface area contributed by atoms with E-state index in [1.165, 1.54) is 18.4 Å². The molecule has 0 radical (unpaired) electrons. The number of halogens is 1. The van der Waals surface area contributed by atoms with E-state index in [4.69, 9.17) is 0 Å². The molecule has 0 amide bonds. The van der Waals surface area contributed by atoms with Crippen LogP contribution in [0.5, 0.6) is 0 Å². The van der Waals surface area contributed by atoms with Crippen LogP contribution in [0.4, 0.5) is 0 Å². The van der Waals surface area contributed by atoms with Crippen LogP contribution in [0, 0.1) is 5.92 Å². The van der Waals surface area contributed by atoms with Crippen LogP contribution in [0.2, 0.25) is 0 Å². The Bertz CT molecular complexity index is 382. The van der Waals surface area contributed by atoms with Gasteiger partial charge in [-0.05, 0) is 36.5 Å². The fourth-order valence-corrected chi connectivity index (χ4v) is 1.84. The minimum Gasteiger partial charge on any atom is -0.356 e. The van der Waals surface area contributed by atoms with Gasteiger partial charge in [0.25, 0.3) is 0 Å². The lowest BCUT2D eigenvalue weighted by Gasteiger charge is -2.11. The van der Waals surface area contributed by atoms with Crippen molar-refractivity contribution in [3.05, 3.63) is 34.3 Å². The van der Waals surface area contributed by atoms with Gasteiger partial charge in [0.15, 0.2) is 5.96 Å². The number of rotatable bonds is 4. The molecule has 0 unspecified atom stereocenters. The SMILES string of the molecule is CN=C(NCc1ccc(Br)cc1)NCC1CC1. The maximum atomic E-state index is 4.21. The molecule has 1 aromatic rings. The van der Waals surface area contributed by atoms with Crippen molar-refractivity contribution < 1.29 is 0 Å². The van der Waals surface area contributed by atoms with E-state index < -0.39 is 0 Å². The molecule has 0 atom stereocenters. The smallest absolute Gasteiger partial charge is 0.191 e. The van der Waals surface area contributed by atoms with Gasteiger partial charge >= 0.3 is 0 Å². The van der Waals surface area contributed by atoms with E-state index in [1.54, 1.807) is 0 Å². The molecule has 1 aromatic carbocycles. The van der Waals surface area contributed by atoms with Crippen molar-refractivity contribution in [2.75, 3.05) is 13.6 Å². The second-order valence-electron chi connectivity index (χ2n) is 4.38. The standard InChI is InChI=1S/C13H18BrN3/c1-15-13(16-8-10-2-3-10)17-9-11-4-6-12(14)7-5-11/h4-7,10H,2-3,8-9H2,1H3,(H2,15,16,17). The fraction of sp³-hybridized carbons (Fsp3) is 0.462. The van der Waals surface area contributed by atoms with Gasteiger partial charge in [-0.2, -0.15) is 0 Å². The van der Waals surface area contributed by atoms with Crippen LogP contribution in [0.1, 0.15) is 18.4 Å². The lowest BCUT2D eigenvalue weighted by Crippen LogP contribution is -2.37. The fourth-order valence-electron chi connectivity index (χ4n) is 1.57. The Labute approximate surface area is 111 Å². The van der Waals surface area contributed by atoms with Crippen LogP contribution >= 0.6 is 15.9 Å². The third-order valence-electron chi connectivity index (χ3n) is 2.85. The summed E-state index contributed by atoms with van der Waals surface area (Å²) in [5.74, 6) is 1.75. The highest BCUT2D eigenvalue weighted by molar-refractivity contribution is 9.10. The van der Waals surface area contributed by atoms with Gasteiger partial charge in [-0.3, -0.25) is 4.99 Å². The van der Waals surface area contributed by atoms with Crippen LogP contribution in [0.25, 0.3) is 0 Å². The van der Waals surface area contributed by atoms with Crippen molar-refractivity contribution in [3.63, 3.8) is 0 Å². The van der Waals surface area contributed by atoms with Crippen LogP contribution in [-0.4, -0.2) is 19.6 Å². The molecule has 17 heavy (non-hydrogen) atoms. The van der Waals surface area contributed by atoms with E-state index >= 15 is 0 Å². The maximum Gasteiger partial charge on any atom is 0.191 e. The summed E-state index contributed by atoms with van der Waals surface area (Å²) in [7, 11) is 1.81. The average Bonchev–Trinajstić information content (AvgIpc) is 3.15. The molecule has 3 nitrogen and oxygen atoms in total. The van der Waals surface area contributed by atoms with Gasteiger partial charge in [-0.1, -0.05) is 28.1 Å². The zero-order chi connectivity index (χ0) is 12.1. The van der Waals surface area contributed by atoms with E-state index in [0.717, 1.165) is 29.4 Å². The molecule has 0 saturated heterocycles. The summed E-state index contributed by atoms with van der Waals surface area (Å²) >= 11 is 3.43. The first-order chi connectivity index (χ1) is 8.28. The largest absolute Gasteiger partial charge is 0.356 e. The molecular formula is C13H18BrN3. The van der Waals surface area contributed by atoms with E-state index in [1.807, 2.05) is 7.05 Å². The average molecular weight is 296 g/mol. The monoisotopic (exact) mass is 295 g/mol. The van der Waals surface area contributed by atoms with Gasteiger partial charge in [0.2, 0.25) is 0 Å². The molecule has 0 bridgehead atoms. The predicted octanol–water partition coefficient (Wildman–Crippen LogP) is 2.52. The quantitative estimate of drug-likeness (QED) is 0.661. The second kappa shape index (κ2) is 6.05. The van der Waals surface area contributed by atoms with Gasteiger partial charge in [0.05, 0.1) is 0 Å². The van der Waals surface area contributed by atoms with E-state index in [0.29, 0.717) is 0 Å². The van der Waals surface area contributed by atoms with Crippen LogP contribution in [0.3, 0.4) is 0 Å². The third-order valence-corrected chi connectivity index (χ3v) is 3.38. The molecular weight excluding hydrogens is 278 g/mol. The number of benzene rings is 1. The molecule has 0 spiro atoms. The van der Waals surface area contributed by atoms with E-state index in [2.05, 4.69) is 55.8 Å². The Hall–Kier alpha value is -1.03. The summed E-state index contributed by atoms with van der Waals surface area (Å²) in [5.41, 5.74) is 1.25. The molecule has 1 fully saturated rings. The Balaban J connectivity index is 1.76. The lowest BCUT2D eigenvalue weighted by molar-refractivity contribution is 0.737. The summed E-state index contributed by atoms with van der Waals surface area (Å²) in [6.45, 7) is 1.84. The number of nitrogens with one attached hydrogen (secondary N) is 2. The number of hydrogen-bond donors (Lipinski definition) is 2. The molecule has 0 heterocycles. The molecule has 1 aliphatic carbocycles. The topological polar surface area (TPSA) is 36.4 Å². The summed E-state index contributed by atoms with van der Waals surface area (Å²) in [5, 5.41) is 6.65. The molecule has 2 rings (SSSR count). The number of aliphatic imine (C=N–C) groups is 1.